The Morgan fingerprint density at radius 2 is 1.50 bits per heavy atom. The molecule has 2 aliphatic heterocycles. The Bertz CT molecular complexity index is 194. The van der Waals surface area contributed by atoms with Gasteiger partial charge in [-0.05, 0) is 7.05 Å². The van der Waals surface area contributed by atoms with E-state index in [0.717, 1.165) is 6.54 Å². The van der Waals surface area contributed by atoms with Crippen molar-refractivity contribution in [3.05, 3.63) is 0 Å². The zero-order chi connectivity index (χ0) is 12.9. The highest BCUT2D eigenvalue weighted by Gasteiger charge is 2.52. The van der Waals surface area contributed by atoms with Crippen LogP contribution in [0.15, 0.2) is 0 Å². The zero-order valence-electron chi connectivity index (χ0n) is 10.8. The summed E-state index contributed by atoms with van der Waals surface area (Å²) in [5, 5.41) is 0. The van der Waals surface area contributed by atoms with Gasteiger partial charge < -0.3 is 0 Å². The Labute approximate surface area is 96.4 Å². The van der Waals surface area contributed by atoms with E-state index in [-0.39, 0.29) is 6.04 Å². The van der Waals surface area contributed by atoms with Crippen LogP contribution in [0.2, 0.25) is 0 Å². The third kappa shape index (κ3) is 3.63. The van der Waals surface area contributed by atoms with Crippen molar-refractivity contribution in [3.63, 3.8) is 0 Å². The molecule has 2 atom stereocenters. The number of hydrogen-bond donors (Lipinski definition) is 0. The number of likely N-dealkylation sites (tertiary alicyclic amines) is 2. The average Bonchev–Trinajstić information content (AvgIpc) is 2.24. The smallest absolute Gasteiger partial charge is 0.299 e. The van der Waals surface area contributed by atoms with Crippen molar-refractivity contribution in [3.8, 4) is 0 Å². The van der Waals surface area contributed by atoms with Gasteiger partial charge in [0.15, 0.2) is 0 Å². The summed E-state index contributed by atoms with van der Waals surface area (Å²) in [6.07, 6.45) is -4.03. The van der Waals surface area contributed by atoms with Crippen LogP contribution >= 0.6 is 0 Å². The van der Waals surface area contributed by atoms with Crippen molar-refractivity contribution < 1.29 is 13.2 Å². The molecule has 0 aromatic rings. The minimum Gasteiger partial charge on any atom is -0.299 e. The molecule has 2 unspecified atom stereocenters. The first-order chi connectivity index (χ1) is 7.47. The molecule has 0 aliphatic carbocycles. The van der Waals surface area contributed by atoms with Gasteiger partial charge >= 0.3 is 6.18 Å². The molecule has 2 rings (SSSR count). The lowest BCUT2D eigenvalue weighted by atomic mass is 9.86. The number of rotatable bonds is 1. The van der Waals surface area contributed by atoms with Gasteiger partial charge in [-0.1, -0.05) is 27.7 Å². The summed E-state index contributed by atoms with van der Waals surface area (Å²) in [5.41, 5.74) is 0. The van der Waals surface area contributed by atoms with Crippen molar-refractivity contribution in [1.82, 2.24) is 9.80 Å². The fraction of sp³-hybridized carbons (Fsp3) is 1.00. The van der Waals surface area contributed by atoms with E-state index in [1.807, 2.05) is 34.7 Å². The van der Waals surface area contributed by atoms with Crippen LogP contribution in [0.3, 0.4) is 0 Å². The molecule has 2 aliphatic rings. The molecule has 5 heteroatoms. The van der Waals surface area contributed by atoms with E-state index >= 15 is 0 Å². The van der Waals surface area contributed by atoms with E-state index in [1.165, 1.54) is 4.90 Å². The van der Waals surface area contributed by atoms with Crippen LogP contribution in [0.5, 0.6) is 0 Å². The highest BCUT2D eigenvalue weighted by molar-refractivity contribution is 5.07. The molecule has 0 saturated carbocycles. The molecule has 16 heavy (non-hydrogen) atoms. The van der Waals surface area contributed by atoms with Gasteiger partial charge in [-0.2, -0.15) is 13.2 Å². The maximum Gasteiger partial charge on any atom is 0.401 e. The SMILES string of the molecule is CC.CC.CN1CC2C1CN2CC(F)(F)F. The molecule has 0 amide bonds. The molecule has 2 fully saturated rings. The van der Waals surface area contributed by atoms with Gasteiger partial charge in [0.25, 0.3) is 0 Å². The second-order valence-electron chi connectivity index (χ2n) is 3.62. The fourth-order valence-corrected chi connectivity index (χ4v) is 1.98. The molecular weight excluding hydrogens is 217 g/mol. The van der Waals surface area contributed by atoms with Gasteiger partial charge in [0.2, 0.25) is 0 Å². The van der Waals surface area contributed by atoms with Crippen molar-refractivity contribution in [2.24, 2.45) is 0 Å². The highest BCUT2D eigenvalue weighted by Crippen LogP contribution is 2.34. The van der Waals surface area contributed by atoms with Gasteiger partial charge in [-0.3, -0.25) is 9.80 Å². The number of halogens is 3. The second-order valence-corrected chi connectivity index (χ2v) is 3.62. The van der Waals surface area contributed by atoms with E-state index in [9.17, 15) is 13.2 Å². The molecule has 2 saturated heterocycles. The lowest BCUT2D eigenvalue weighted by Crippen LogP contribution is -2.78. The minimum atomic E-state index is -4.03. The summed E-state index contributed by atoms with van der Waals surface area (Å²) in [7, 11) is 1.95. The normalized spacial score (nSPS) is 28.5. The number of hydrogen-bond acceptors (Lipinski definition) is 2. The van der Waals surface area contributed by atoms with Crippen LogP contribution in [0.25, 0.3) is 0 Å². The van der Waals surface area contributed by atoms with E-state index < -0.39 is 12.7 Å². The van der Waals surface area contributed by atoms with Crippen molar-refractivity contribution in [2.45, 2.75) is 46.0 Å². The first kappa shape index (κ1) is 15.7. The van der Waals surface area contributed by atoms with Crippen LogP contribution in [0, 0.1) is 0 Å². The van der Waals surface area contributed by atoms with Crippen LogP contribution in [0.1, 0.15) is 27.7 Å². The largest absolute Gasteiger partial charge is 0.401 e. The minimum absolute atomic E-state index is 0.177. The molecule has 2 nitrogen and oxygen atoms in total. The quantitative estimate of drug-likeness (QED) is 0.695. The first-order valence-corrected chi connectivity index (χ1v) is 5.98. The lowest BCUT2D eigenvalue weighted by Gasteiger charge is -2.61. The van der Waals surface area contributed by atoms with E-state index in [4.69, 9.17) is 0 Å². The van der Waals surface area contributed by atoms with E-state index in [1.54, 1.807) is 0 Å². The van der Waals surface area contributed by atoms with E-state index in [0.29, 0.717) is 12.6 Å². The van der Waals surface area contributed by atoms with Crippen LogP contribution in [0.4, 0.5) is 13.2 Å². The summed E-state index contributed by atoms with van der Waals surface area (Å²) in [6, 6.07) is 0.573. The Morgan fingerprint density at radius 1 is 1.00 bits per heavy atom. The average molecular weight is 240 g/mol. The molecule has 0 radical (unpaired) electrons. The highest BCUT2D eigenvalue weighted by atomic mass is 19.4. The Hall–Kier alpha value is -0.290. The van der Waals surface area contributed by atoms with Crippen molar-refractivity contribution in [2.75, 3.05) is 26.7 Å². The molecule has 98 valence electrons. The molecular formula is C11H23F3N2. The predicted molar refractivity (Wildman–Crippen MR) is 60.5 cm³/mol. The molecule has 0 spiro atoms. The van der Waals surface area contributed by atoms with Gasteiger partial charge in [-0.25, -0.2) is 0 Å². The topological polar surface area (TPSA) is 6.48 Å². The van der Waals surface area contributed by atoms with Crippen molar-refractivity contribution >= 4 is 0 Å². The van der Waals surface area contributed by atoms with Crippen molar-refractivity contribution in [1.29, 1.82) is 0 Å². The Balaban J connectivity index is 0.000000509. The van der Waals surface area contributed by atoms with Gasteiger partial charge in [0.05, 0.1) is 6.54 Å². The van der Waals surface area contributed by atoms with E-state index in [2.05, 4.69) is 4.90 Å². The summed E-state index contributed by atoms with van der Waals surface area (Å²) in [4.78, 5) is 3.60. The number of nitrogens with zero attached hydrogens (tertiary/aromatic N) is 2. The standard InChI is InChI=1S/C7H11F3N2.2C2H6/c1-11-2-6-5(11)3-12(6)4-7(8,9)10;2*1-2/h5-6H,2-4H2,1H3;2*1-2H3. The van der Waals surface area contributed by atoms with Gasteiger partial charge in [0.1, 0.15) is 0 Å². The second kappa shape index (κ2) is 6.45. The number of fused-ring (bicyclic) bond motifs is 1. The summed E-state index contributed by atoms with van der Waals surface area (Å²) < 4.78 is 35.7. The fourth-order valence-electron chi connectivity index (χ4n) is 1.98. The third-order valence-electron chi connectivity index (χ3n) is 2.76. The summed E-state index contributed by atoms with van der Waals surface area (Å²) in [6.45, 7) is 8.64. The van der Waals surface area contributed by atoms with Gasteiger partial charge in [-0.15, -0.1) is 0 Å². The molecule has 0 N–H and O–H groups in total. The number of likely N-dealkylation sites (N-methyl/N-ethyl adjacent to an activating group) is 1. The molecule has 0 aromatic carbocycles. The Kier molecular flexibility index (Phi) is 6.33. The predicted octanol–water partition coefficient (Wildman–Crippen LogP) is 2.60. The molecule has 2 heterocycles. The number of alkyl halides is 3. The monoisotopic (exact) mass is 240 g/mol. The first-order valence-electron chi connectivity index (χ1n) is 5.98. The maximum atomic E-state index is 11.9. The number of piperazine rings is 1. The zero-order valence-corrected chi connectivity index (χ0v) is 10.8. The molecule has 0 aromatic heterocycles. The third-order valence-corrected chi connectivity index (χ3v) is 2.76. The maximum absolute atomic E-state index is 11.9. The summed E-state index contributed by atoms with van der Waals surface area (Å²) in [5.74, 6) is 0. The van der Waals surface area contributed by atoms with Crippen LogP contribution in [-0.2, 0) is 0 Å². The lowest BCUT2D eigenvalue weighted by molar-refractivity contribution is -0.196. The van der Waals surface area contributed by atoms with Crippen LogP contribution < -0.4 is 0 Å². The van der Waals surface area contributed by atoms with Gasteiger partial charge in [0, 0.05) is 25.2 Å². The Morgan fingerprint density at radius 3 is 1.75 bits per heavy atom. The van der Waals surface area contributed by atoms with Crippen LogP contribution in [-0.4, -0.2) is 54.7 Å². The summed E-state index contributed by atoms with van der Waals surface area (Å²) >= 11 is 0. The molecule has 0 bridgehead atoms.